The van der Waals surface area contributed by atoms with Crippen molar-refractivity contribution in [2.24, 2.45) is 17.6 Å². The minimum Gasteiger partial charge on any atom is -0.481 e. The second-order valence-electron chi connectivity index (χ2n) is 5.84. The van der Waals surface area contributed by atoms with Gasteiger partial charge in [-0.05, 0) is 31.1 Å². The molecule has 0 aromatic carbocycles. The summed E-state index contributed by atoms with van der Waals surface area (Å²) in [4.78, 5) is 12.6. The van der Waals surface area contributed by atoms with E-state index in [4.69, 9.17) is 15.0 Å². The molecule has 22 heavy (non-hydrogen) atoms. The third-order valence-corrected chi connectivity index (χ3v) is 4.79. The van der Waals surface area contributed by atoms with Crippen LogP contribution in [0.25, 0.3) is 11.5 Å². The SMILES string of the molecule is COc1cc(-c2noc(C3C4CCC(C4)C3N)n2)ncn1.Cl. The molecule has 2 aliphatic rings. The maximum Gasteiger partial charge on any atom is 0.231 e. The number of ether oxygens (including phenoxy) is 1. The van der Waals surface area contributed by atoms with Gasteiger partial charge in [0.05, 0.1) is 13.0 Å². The Morgan fingerprint density at radius 3 is 2.82 bits per heavy atom. The summed E-state index contributed by atoms with van der Waals surface area (Å²) in [6, 6.07) is 1.83. The van der Waals surface area contributed by atoms with Crippen molar-refractivity contribution in [2.45, 2.75) is 31.2 Å². The van der Waals surface area contributed by atoms with Crippen molar-refractivity contribution in [1.29, 1.82) is 0 Å². The number of hydrogen-bond acceptors (Lipinski definition) is 7. The van der Waals surface area contributed by atoms with Gasteiger partial charge in [-0.1, -0.05) is 5.16 Å². The molecular formula is C14H18ClN5O2. The van der Waals surface area contributed by atoms with E-state index >= 15 is 0 Å². The highest BCUT2D eigenvalue weighted by Crippen LogP contribution is 2.51. The number of nitrogens with zero attached hydrogens (tertiary/aromatic N) is 4. The molecule has 2 heterocycles. The molecule has 2 N–H and O–H groups in total. The largest absolute Gasteiger partial charge is 0.481 e. The van der Waals surface area contributed by atoms with Crippen LogP contribution in [0.4, 0.5) is 0 Å². The van der Waals surface area contributed by atoms with Crippen molar-refractivity contribution < 1.29 is 9.26 Å². The van der Waals surface area contributed by atoms with Crippen molar-refractivity contribution in [3.05, 3.63) is 18.3 Å². The zero-order chi connectivity index (χ0) is 14.4. The van der Waals surface area contributed by atoms with Crippen LogP contribution in [0.2, 0.25) is 0 Å². The third kappa shape index (κ3) is 2.34. The van der Waals surface area contributed by atoms with E-state index < -0.39 is 0 Å². The molecule has 0 radical (unpaired) electrons. The molecule has 4 unspecified atom stereocenters. The van der Waals surface area contributed by atoms with Gasteiger partial charge < -0.3 is 15.0 Å². The summed E-state index contributed by atoms with van der Waals surface area (Å²) in [5, 5.41) is 4.04. The van der Waals surface area contributed by atoms with Crippen LogP contribution in [0.3, 0.4) is 0 Å². The van der Waals surface area contributed by atoms with Crippen LogP contribution in [-0.2, 0) is 0 Å². The van der Waals surface area contributed by atoms with Gasteiger partial charge in [-0.2, -0.15) is 4.98 Å². The smallest absolute Gasteiger partial charge is 0.231 e. The average Bonchev–Trinajstić information content (AvgIpc) is 3.22. The maximum atomic E-state index is 6.32. The summed E-state index contributed by atoms with van der Waals surface area (Å²) >= 11 is 0. The van der Waals surface area contributed by atoms with Crippen LogP contribution >= 0.6 is 12.4 Å². The lowest BCUT2D eigenvalue weighted by atomic mass is 9.85. The molecule has 2 saturated carbocycles. The first kappa shape index (κ1) is 15.2. The van der Waals surface area contributed by atoms with Gasteiger partial charge in [-0.25, -0.2) is 9.97 Å². The van der Waals surface area contributed by atoms with E-state index in [1.807, 2.05) is 0 Å². The highest BCUT2D eigenvalue weighted by Gasteiger charge is 2.48. The molecule has 2 fully saturated rings. The third-order valence-electron chi connectivity index (χ3n) is 4.79. The van der Waals surface area contributed by atoms with E-state index in [0.717, 1.165) is 0 Å². The number of hydrogen-bond donors (Lipinski definition) is 1. The molecule has 7 nitrogen and oxygen atoms in total. The number of fused-ring (bicyclic) bond motifs is 2. The van der Waals surface area contributed by atoms with Gasteiger partial charge >= 0.3 is 0 Å². The summed E-state index contributed by atoms with van der Waals surface area (Å²) in [6.07, 6.45) is 5.05. The van der Waals surface area contributed by atoms with Gasteiger partial charge in [-0.3, -0.25) is 0 Å². The van der Waals surface area contributed by atoms with Crippen LogP contribution in [0.1, 0.15) is 31.1 Å². The number of rotatable bonds is 3. The first-order valence-corrected chi connectivity index (χ1v) is 7.22. The molecule has 2 aromatic heterocycles. The van der Waals surface area contributed by atoms with Crippen LogP contribution in [0.5, 0.6) is 5.88 Å². The summed E-state index contributed by atoms with van der Waals surface area (Å²) < 4.78 is 10.5. The average molecular weight is 324 g/mol. The Morgan fingerprint density at radius 1 is 1.27 bits per heavy atom. The molecule has 2 aromatic rings. The second kappa shape index (κ2) is 5.81. The predicted molar refractivity (Wildman–Crippen MR) is 80.7 cm³/mol. The van der Waals surface area contributed by atoms with Gasteiger partial charge in [-0.15, -0.1) is 12.4 Å². The van der Waals surface area contributed by atoms with E-state index in [-0.39, 0.29) is 24.4 Å². The molecule has 8 heteroatoms. The van der Waals surface area contributed by atoms with Crippen LogP contribution in [0, 0.1) is 11.8 Å². The van der Waals surface area contributed by atoms with E-state index in [1.54, 1.807) is 13.2 Å². The van der Waals surface area contributed by atoms with Gasteiger partial charge in [0.1, 0.15) is 12.0 Å². The first-order chi connectivity index (χ1) is 10.3. The standard InChI is InChI=1S/C14H17N5O2.ClH/c1-20-10-5-9(16-6-17-10)13-18-14(21-19-13)11-7-2-3-8(4-7)12(11)15;/h5-8,11-12H,2-4,15H2,1H3;1H. The van der Waals surface area contributed by atoms with Crippen molar-refractivity contribution in [2.75, 3.05) is 7.11 Å². The van der Waals surface area contributed by atoms with E-state index in [1.165, 1.54) is 25.6 Å². The highest BCUT2D eigenvalue weighted by atomic mass is 35.5. The fourth-order valence-corrected chi connectivity index (χ4v) is 3.75. The number of aromatic nitrogens is 4. The molecular weight excluding hydrogens is 306 g/mol. The lowest BCUT2D eigenvalue weighted by Gasteiger charge is -2.24. The fraction of sp³-hybridized carbons (Fsp3) is 0.571. The quantitative estimate of drug-likeness (QED) is 0.919. The molecule has 0 saturated heterocycles. The van der Waals surface area contributed by atoms with Crippen LogP contribution < -0.4 is 10.5 Å². The van der Waals surface area contributed by atoms with E-state index in [9.17, 15) is 0 Å². The fourth-order valence-electron chi connectivity index (χ4n) is 3.75. The van der Waals surface area contributed by atoms with E-state index in [0.29, 0.717) is 35.1 Å². The van der Waals surface area contributed by atoms with Gasteiger partial charge in [0.15, 0.2) is 0 Å². The number of nitrogens with two attached hydrogens (primary N) is 1. The van der Waals surface area contributed by atoms with Gasteiger partial charge in [0.25, 0.3) is 0 Å². The van der Waals surface area contributed by atoms with Crippen molar-refractivity contribution in [3.63, 3.8) is 0 Å². The van der Waals surface area contributed by atoms with Crippen molar-refractivity contribution in [3.8, 4) is 17.4 Å². The summed E-state index contributed by atoms with van der Waals surface area (Å²) in [5.41, 5.74) is 6.91. The van der Waals surface area contributed by atoms with Crippen molar-refractivity contribution >= 4 is 12.4 Å². The monoisotopic (exact) mass is 323 g/mol. The van der Waals surface area contributed by atoms with E-state index in [2.05, 4.69) is 20.1 Å². The zero-order valence-electron chi connectivity index (χ0n) is 12.2. The highest BCUT2D eigenvalue weighted by molar-refractivity contribution is 5.85. The number of halogens is 1. The minimum atomic E-state index is 0. The molecule has 0 amide bonds. The Balaban J connectivity index is 0.00000144. The molecule has 0 aliphatic heterocycles. The predicted octanol–water partition coefficient (Wildman–Crippen LogP) is 1.80. The summed E-state index contributed by atoms with van der Waals surface area (Å²) in [6.45, 7) is 0. The Morgan fingerprint density at radius 2 is 2.09 bits per heavy atom. The van der Waals surface area contributed by atoms with Crippen LogP contribution in [0.15, 0.2) is 16.9 Å². The Kier molecular flexibility index (Phi) is 4.01. The Labute approximate surface area is 134 Å². The maximum absolute atomic E-state index is 6.32. The van der Waals surface area contributed by atoms with Crippen LogP contribution in [-0.4, -0.2) is 33.3 Å². The van der Waals surface area contributed by atoms with Gasteiger partial charge in [0, 0.05) is 12.1 Å². The second-order valence-corrected chi connectivity index (χ2v) is 5.84. The molecule has 4 rings (SSSR count). The lowest BCUT2D eigenvalue weighted by Crippen LogP contribution is -2.34. The number of methoxy groups -OCH3 is 1. The summed E-state index contributed by atoms with van der Waals surface area (Å²) in [5.74, 6) is 2.95. The molecule has 0 spiro atoms. The molecule has 2 aliphatic carbocycles. The summed E-state index contributed by atoms with van der Waals surface area (Å²) in [7, 11) is 1.56. The van der Waals surface area contributed by atoms with Gasteiger partial charge in [0.2, 0.25) is 17.6 Å². The lowest BCUT2D eigenvalue weighted by molar-refractivity contribution is 0.279. The normalized spacial score (nSPS) is 29.4. The topological polar surface area (TPSA) is 100.0 Å². The molecule has 4 atom stereocenters. The molecule has 118 valence electrons. The minimum absolute atomic E-state index is 0. The Hall–Kier alpha value is -1.73. The Bertz CT molecular complexity index is 662. The zero-order valence-corrected chi connectivity index (χ0v) is 13.0. The first-order valence-electron chi connectivity index (χ1n) is 7.22. The van der Waals surface area contributed by atoms with Crippen molar-refractivity contribution in [1.82, 2.24) is 20.1 Å². The molecule has 2 bridgehead atoms.